The monoisotopic (exact) mass is 360 g/mol. The highest BCUT2D eigenvalue weighted by atomic mass is 16.2. The van der Waals surface area contributed by atoms with Crippen LogP contribution < -0.4 is 10.6 Å². The molecule has 0 aliphatic carbocycles. The normalized spacial score (nSPS) is 18.3. The van der Waals surface area contributed by atoms with Crippen molar-refractivity contribution in [2.75, 3.05) is 19.6 Å². The lowest BCUT2D eigenvalue weighted by atomic mass is 9.93. The Kier molecular flexibility index (Phi) is 7.01. The fourth-order valence-corrected chi connectivity index (χ4v) is 3.28. The molecule has 8 nitrogen and oxygen atoms in total. The van der Waals surface area contributed by atoms with Gasteiger partial charge in [-0.3, -0.25) is 9.48 Å². The average Bonchev–Trinajstić information content (AvgIpc) is 3.05. The van der Waals surface area contributed by atoms with Crippen molar-refractivity contribution in [2.24, 2.45) is 13.0 Å². The van der Waals surface area contributed by atoms with Crippen LogP contribution in [0.5, 0.6) is 0 Å². The maximum absolute atomic E-state index is 12.7. The number of nitriles is 1. The van der Waals surface area contributed by atoms with E-state index in [4.69, 9.17) is 5.26 Å². The molecule has 3 amide bonds. The number of aromatic nitrogens is 2. The highest BCUT2D eigenvalue weighted by molar-refractivity contribution is 5.87. The molecule has 8 heteroatoms. The Labute approximate surface area is 154 Å². The molecule has 0 aromatic carbocycles. The van der Waals surface area contributed by atoms with Gasteiger partial charge >= 0.3 is 6.03 Å². The molecule has 1 aliphatic heterocycles. The summed E-state index contributed by atoms with van der Waals surface area (Å²) in [5.74, 6) is 0.200. The van der Waals surface area contributed by atoms with Crippen molar-refractivity contribution in [2.45, 2.75) is 45.1 Å². The predicted molar refractivity (Wildman–Crippen MR) is 97.2 cm³/mol. The third kappa shape index (κ3) is 5.48. The van der Waals surface area contributed by atoms with Crippen molar-refractivity contribution in [3.8, 4) is 6.07 Å². The first kappa shape index (κ1) is 19.8. The lowest BCUT2D eigenvalue weighted by Crippen LogP contribution is -2.53. The van der Waals surface area contributed by atoms with Crippen LogP contribution in [0.15, 0.2) is 12.4 Å². The van der Waals surface area contributed by atoms with E-state index in [1.54, 1.807) is 9.58 Å². The summed E-state index contributed by atoms with van der Waals surface area (Å²) in [6, 6.07) is 1.03. The number of likely N-dealkylation sites (tertiary alicyclic amines) is 1. The molecule has 2 heterocycles. The van der Waals surface area contributed by atoms with Gasteiger partial charge in [-0.25, -0.2) is 4.79 Å². The van der Waals surface area contributed by atoms with Crippen LogP contribution in [0.3, 0.4) is 0 Å². The van der Waals surface area contributed by atoms with Gasteiger partial charge in [0.2, 0.25) is 5.91 Å². The largest absolute Gasteiger partial charge is 0.341 e. The molecule has 0 radical (unpaired) electrons. The molecular weight excluding hydrogens is 332 g/mol. The summed E-state index contributed by atoms with van der Waals surface area (Å²) >= 11 is 0. The first-order valence-electron chi connectivity index (χ1n) is 9.09. The molecule has 142 valence electrons. The number of piperidine rings is 1. The van der Waals surface area contributed by atoms with Gasteiger partial charge in [0.25, 0.3) is 0 Å². The number of aryl methyl sites for hydroxylation is 1. The number of amides is 3. The van der Waals surface area contributed by atoms with Crippen molar-refractivity contribution < 1.29 is 9.59 Å². The Balaban J connectivity index is 1.98. The Morgan fingerprint density at radius 2 is 2.23 bits per heavy atom. The predicted octanol–water partition coefficient (Wildman–Crippen LogP) is 1.36. The van der Waals surface area contributed by atoms with Crippen molar-refractivity contribution >= 4 is 11.9 Å². The number of urea groups is 1. The van der Waals surface area contributed by atoms with Gasteiger partial charge in [0.05, 0.1) is 12.3 Å². The third-order valence-corrected chi connectivity index (χ3v) is 4.57. The van der Waals surface area contributed by atoms with E-state index in [0.717, 1.165) is 18.4 Å². The molecule has 2 atom stereocenters. The van der Waals surface area contributed by atoms with E-state index in [9.17, 15) is 9.59 Å². The van der Waals surface area contributed by atoms with Gasteiger partial charge in [-0.05, 0) is 30.7 Å². The maximum atomic E-state index is 12.7. The molecule has 2 N–H and O–H groups in total. The van der Waals surface area contributed by atoms with Crippen LogP contribution in [0.1, 0.15) is 44.6 Å². The highest BCUT2D eigenvalue weighted by Crippen LogP contribution is 2.26. The minimum absolute atomic E-state index is 0.0594. The number of rotatable bonds is 6. The molecular formula is C18H28N6O2. The zero-order valence-electron chi connectivity index (χ0n) is 15.7. The molecule has 2 rings (SSSR count). The highest BCUT2D eigenvalue weighted by Gasteiger charge is 2.28. The summed E-state index contributed by atoms with van der Waals surface area (Å²) in [5, 5.41) is 18.2. The van der Waals surface area contributed by atoms with Crippen LogP contribution in [0.4, 0.5) is 4.79 Å². The lowest BCUT2D eigenvalue weighted by Gasteiger charge is -2.33. The van der Waals surface area contributed by atoms with Crippen LogP contribution in [0.25, 0.3) is 0 Å². The summed E-state index contributed by atoms with van der Waals surface area (Å²) < 4.78 is 1.77. The summed E-state index contributed by atoms with van der Waals surface area (Å²) in [5.41, 5.74) is 1.13. The number of nitrogens with one attached hydrogen (secondary N) is 2. The van der Waals surface area contributed by atoms with Crippen molar-refractivity contribution in [3.63, 3.8) is 0 Å². The Morgan fingerprint density at radius 3 is 2.85 bits per heavy atom. The van der Waals surface area contributed by atoms with Crippen LogP contribution in [0.2, 0.25) is 0 Å². The maximum Gasteiger partial charge on any atom is 0.318 e. The van der Waals surface area contributed by atoms with Crippen molar-refractivity contribution in [1.29, 1.82) is 5.26 Å². The van der Waals surface area contributed by atoms with Gasteiger partial charge in [0, 0.05) is 32.3 Å². The smallest absolute Gasteiger partial charge is 0.318 e. The fourth-order valence-electron chi connectivity index (χ4n) is 3.28. The van der Waals surface area contributed by atoms with E-state index in [1.807, 2.05) is 39.4 Å². The molecule has 1 aromatic rings. The molecule has 2 unspecified atom stereocenters. The number of carbonyl (C=O) groups is 2. The number of nitrogens with zero attached hydrogens (tertiary/aromatic N) is 4. The van der Waals surface area contributed by atoms with E-state index < -0.39 is 6.04 Å². The molecule has 26 heavy (non-hydrogen) atoms. The zero-order valence-corrected chi connectivity index (χ0v) is 15.7. The van der Waals surface area contributed by atoms with Crippen LogP contribution >= 0.6 is 0 Å². The second-order valence-corrected chi connectivity index (χ2v) is 7.24. The Hall–Kier alpha value is -2.56. The molecule has 0 bridgehead atoms. The van der Waals surface area contributed by atoms with Crippen molar-refractivity contribution in [1.82, 2.24) is 25.3 Å². The van der Waals surface area contributed by atoms with Crippen LogP contribution in [-0.4, -0.2) is 52.3 Å². The van der Waals surface area contributed by atoms with Gasteiger partial charge in [-0.15, -0.1) is 0 Å². The first-order chi connectivity index (χ1) is 12.4. The van der Waals surface area contributed by atoms with Gasteiger partial charge in [0.15, 0.2) is 0 Å². The molecule has 1 saturated heterocycles. The second kappa shape index (κ2) is 9.22. The minimum Gasteiger partial charge on any atom is -0.341 e. The molecule has 0 spiro atoms. The summed E-state index contributed by atoms with van der Waals surface area (Å²) in [6.07, 6.45) is 6.31. The van der Waals surface area contributed by atoms with Crippen molar-refractivity contribution in [3.05, 3.63) is 18.0 Å². The molecule has 1 aliphatic rings. The zero-order chi connectivity index (χ0) is 19.1. The fraction of sp³-hybridized carbons (Fsp3) is 0.667. The third-order valence-electron chi connectivity index (χ3n) is 4.57. The summed E-state index contributed by atoms with van der Waals surface area (Å²) in [6.45, 7) is 5.23. The summed E-state index contributed by atoms with van der Waals surface area (Å²) in [4.78, 5) is 26.7. The molecule has 0 saturated carbocycles. The Morgan fingerprint density at radius 1 is 1.46 bits per heavy atom. The van der Waals surface area contributed by atoms with E-state index in [-0.39, 0.29) is 30.3 Å². The topological polar surface area (TPSA) is 103 Å². The second-order valence-electron chi connectivity index (χ2n) is 7.24. The molecule has 1 aromatic heterocycles. The quantitative estimate of drug-likeness (QED) is 0.748. The number of hydrogen-bond donors (Lipinski definition) is 2. The van der Waals surface area contributed by atoms with E-state index in [1.165, 1.54) is 0 Å². The molecule has 1 fully saturated rings. The standard InChI is InChI=1S/C18H28N6O2/c1-13(2)9-16(17(25)20-7-6-19)22-18(26)24-8-4-5-14(12-24)15-10-21-23(3)11-15/h10-11,13-14,16H,4-5,7-9,12H2,1-3H3,(H,20,25)(H,22,26). The number of carbonyl (C=O) groups excluding carboxylic acids is 2. The van der Waals surface area contributed by atoms with Gasteiger partial charge in [-0.2, -0.15) is 10.4 Å². The lowest BCUT2D eigenvalue weighted by molar-refractivity contribution is -0.123. The summed E-state index contributed by atoms with van der Waals surface area (Å²) in [7, 11) is 1.88. The van der Waals surface area contributed by atoms with Gasteiger partial charge in [-0.1, -0.05) is 13.8 Å². The van der Waals surface area contributed by atoms with Crippen LogP contribution in [0, 0.1) is 17.2 Å². The van der Waals surface area contributed by atoms with E-state index in [0.29, 0.717) is 19.5 Å². The Bertz CT molecular complexity index is 663. The number of hydrogen-bond acceptors (Lipinski definition) is 4. The van der Waals surface area contributed by atoms with Gasteiger partial charge in [0.1, 0.15) is 12.6 Å². The first-order valence-corrected chi connectivity index (χ1v) is 9.09. The van der Waals surface area contributed by atoms with Gasteiger partial charge < -0.3 is 15.5 Å². The minimum atomic E-state index is -0.630. The average molecular weight is 360 g/mol. The SMILES string of the molecule is CC(C)CC(NC(=O)N1CCCC(c2cnn(C)c2)C1)C(=O)NCC#N. The van der Waals surface area contributed by atoms with Crippen LogP contribution in [-0.2, 0) is 11.8 Å². The van der Waals surface area contributed by atoms with E-state index >= 15 is 0 Å². The van der Waals surface area contributed by atoms with E-state index in [2.05, 4.69) is 15.7 Å².